The largest absolute Gasteiger partial charge is 0.361 e. The first-order chi connectivity index (χ1) is 11.9. The fourth-order valence-electron chi connectivity index (χ4n) is 3.74. The van der Waals surface area contributed by atoms with Crippen molar-refractivity contribution in [3.05, 3.63) is 71.9 Å². The normalized spacial score (nSPS) is 19.2. The zero-order chi connectivity index (χ0) is 15.9. The van der Waals surface area contributed by atoms with Crippen molar-refractivity contribution in [3.8, 4) is 0 Å². The third-order valence-corrected chi connectivity index (χ3v) is 4.82. The average Bonchev–Trinajstić information content (AvgIpc) is 2.67. The lowest BCUT2D eigenvalue weighted by molar-refractivity contribution is 0.324. The second kappa shape index (κ2) is 5.34. The number of hydrogen-bond acceptors (Lipinski definition) is 4. The van der Waals surface area contributed by atoms with E-state index in [4.69, 9.17) is 4.99 Å². The van der Waals surface area contributed by atoms with E-state index in [9.17, 15) is 0 Å². The Morgan fingerprint density at radius 3 is 2.92 bits per heavy atom. The van der Waals surface area contributed by atoms with Crippen LogP contribution in [0.25, 0.3) is 10.9 Å². The van der Waals surface area contributed by atoms with Crippen molar-refractivity contribution in [1.82, 2.24) is 9.88 Å². The van der Waals surface area contributed by atoms with Crippen LogP contribution in [0.3, 0.4) is 0 Å². The van der Waals surface area contributed by atoms with Gasteiger partial charge < -0.3 is 10.2 Å². The van der Waals surface area contributed by atoms with Crippen LogP contribution < -0.4 is 5.32 Å². The molecule has 3 heterocycles. The highest BCUT2D eigenvalue weighted by molar-refractivity contribution is 6.06. The van der Waals surface area contributed by atoms with Crippen LogP contribution in [0.4, 0.5) is 5.69 Å². The van der Waals surface area contributed by atoms with E-state index in [2.05, 4.69) is 63.7 Å². The molecule has 4 heteroatoms. The van der Waals surface area contributed by atoms with Gasteiger partial charge in [-0.1, -0.05) is 36.4 Å². The molecule has 0 fully saturated rings. The van der Waals surface area contributed by atoms with Gasteiger partial charge in [-0.05, 0) is 24.6 Å². The average molecular weight is 314 g/mol. The first-order valence-corrected chi connectivity index (χ1v) is 8.42. The minimum Gasteiger partial charge on any atom is -0.361 e. The third-order valence-electron chi connectivity index (χ3n) is 4.82. The summed E-state index contributed by atoms with van der Waals surface area (Å²) in [4.78, 5) is 11.9. The van der Waals surface area contributed by atoms with Crippen LogP contribution in [-0.4, -0.2) is 28.8 Å². The maximum absolute atomic E-state index is 4.83. The summed E-state index contributed by atoms with van der Waals surface area (Å²) in [5, 5.41) is 4.88. The molecule has 0 bridgehead atoms. The number of aliphatic imine (C=N–C) groups is 1. The summed E-state index contributed by atoms with van der Waals surface area (Å²) in [7, 11) is 0. The minimum atomic E-state index is 0.0672. The Kier molecular flexibility index (Phi) is 3.01. The standard InChI is InChI=1S/C20H18N4/c1-2-10-17-15(8-1)19-22-12-5-13-24(19)20(23-17)16-9-3-6-14-7-4-11-21-18(14)16/h1-4,6-11,20,23H,5,12-13H2/t20-/m1/s1. The molecule has 0 spiro atoms. The number of nitrogens with one attached hydrogen (secondary N) is 1. The van der Waals surface area contributed by atoms with Gasteiger partial charge in [0.25, 0.3) is 0 Å². The molecule has 24 heavy (non-hydrogen) atoms. The van der Waals surface area contributed by atoms with E-state index in [1.807, 2.05) is 12.3 Å². The van der Waals surface area contributed by atoms with Crippen molar-refractivity contribution in [2.45, 2.75) is 12.6 Å². The fourth-order valence-corrected chi connectivity index (χ4v) is 3.74. The molecule has 5 rings (SSSR count). The lowest BCUT2D eigenvalue weighted by Gasteiger charge is -2.42. The van der Waals surface area contributed by atoms with E-state index >= 15 is 0 Å². The van der Waals surface area contributed by atoms with Crippen molar-refractivity contribution in [2.75, 3.05) is 18.4 Å². The maximum Gasteiger partial charge on any atom is 0.134 e. The molecule has 0 saturated heterocycles. The van der Waals surface area contributed by atoms with Crippen LogP contribution in [0.1, 0.15) is 23.7 Å². The topological polar surface area (TPSA) is 40.5 Å². The van der Waals surface area contributed by atoms with Crippen molar-refractivity contribution in [2.24, 2.45) is 4.99 Å². The number of amidine groups is 1. The van der Waals surface area contributed by atoms with Gasteiger partial charge in [0, 0.05) is 41.5 Å². The molecule has 4 nitrogen and oxygen atoms in total. The molecule has 118 valence electrons. The second-order valence-corrected chi connectivity index (χ2v) is 6.27. The van der Waals surface area contributed by atoms with Gasteiger partial charge in [-0.15, -0.1) is 0 Å². The maximum atomic E-state index is 4.83. The second-order valence-electron chi connectivity index (χ2n) is 6.27. The summed E-state index contributed by atoms with van der Waals surface area (Å²) >= 11 is 0. The molecule has 0 aliphatic carbocycles. The summed E-state index contributed by atoms with van der Waals surface area (Å²) in [5.41, 5.74) is 4.60. The smallest absolute Gasteiger partial charge is 0.134 e. The predicted molar refractivity (Wildman–Crippen MR) is 97.3 cm³/mol. The van der Waals surface area contributed by atoms with Crippen molar-refractivity contribution < 1.29 is 0 Å². The molecular weight excluding hydrogens is 296 g/mol. The van der Waals surface area contributed by atoms with Gasteiger partial charge in [0.2, 0.25) is 0 Å². The highest BCUT2D eigenvalue weighted by atomic mass is 15.3. The summed E-state index contributed by atoms with van der Waals surface area (Å²) in [5.74, 6) is 1.11. The number of pyridine rings is 1. The van der Waals surface area contributed by atoms with Crippen LogP contribution >= 0.6 is 0 Å². The molecule has 3 aromatic rings. The van der Waals surface area contributed by atoms with Crippen LogP contribution in [0.2, 0.25) is 0 Å². The molecule has 0 saturated carbocycles. The van der Waals surface area contributed by atoms with E-state index in [0.717, 1.165) is 36.6 Å². The van der Waals surface area contributed by atoms with Gasteiger partial charge >= 0.3 is 0 Å². The number of para-hydroxylation sites is 2. The molecule has 2 aliphatic heterocycles. The Balaban J connectivity index is 1.71. The molecule has 1 aromatic heterocycles. The molecule has 0 amide bonds. The van der Waals surface area contributed by atoms with E-state index < -0.39 is 0 Å². The van der Waals surface area contributed by atoms with E-state index in [1.54, 1.807) is 0 Å². The number of benzene rings is 2. The number of nitrogens with zero attached hydrogens (tertiary/aromatic N) is 3. The van der Waals surface area contributed by atoms with Gasteiger partial charge in [-0.25, -0.2) is 0 Å². The van der Waals surface area contributed by atoms with Gasteiger partial charge in [0.1, 0.15) is 12.0 Å². The van der Waals surface area contributed by atoms with Crippen molar-refractivity contribution in [3.63, 3.8) is 0 Å². The van der Waals surface area contributed by atoms with Gasteiger partial charge in [0.15, 0.2) is 0 Å². The Labute approximate surface area is 140 Å². The molecular formula is C20H18N4. The quantitative estimate of drug-likeness (QED) is 0.742. The summed E-state index contributed by atoms with van der Waals surface area (Å²) < 4.78 is 0. The Bertz CT molecular complexity index is 942. The highest BCUT2D eigenvalue weighted by Crippen LogP contribution is 2.36. The van der Waals surface area contributed by atoms with Crippen LogP contribution in [0, 0.1) is 0 Å². The molecule has 1 atom stereocenters. The van der Waals surface area contributed by atoms with Crippen LogP contribution in [0.5, 0.6) is 0 Å². The number of anilines is 1. The van der Waals surface area contributed by atoms with E-state index in [0.29, 0.717) is 0 Å². The van der Waals surface area contributed by atoms with Gasteiger partial charge in [-0.3, -0.25) is 9.98 Å². The fraction of sp³-hybridized carbons (Fsp3) is 0.200. The SMILES string of the molecule is c1ccc2c(c1)N[C@@H](c1cccc3cccnc13)N1CCCN=C21. The van der Waals surface area contributed by atoms with Crippen LogP contribution in [-0.2, 0) is 0 Å². The summed E-state index contributed by atoms with van der Waals surface area (Å²) in [6.07, 6.45) is 3.02. The van der Waals surface area contributed by atoms with Crippen molar-refractivity contribution >= 4 is 22.4 Å². The minimum absolute atomic E-state index is 0.0672. The monoisotopic (exact) mass is 314 g/mol. The van der Waals surface area contributed by atoms with E-state index in [1.165, 1.54) is 16.5 Å². The zero-order valence-corrected chi connectivity index (χ0v) is 13.3. The first kappa shape index (κ1) is 13.5. The lowest BCUT2D eigenvalue weighted by Crippen LogP contribution is -2.46. The number of aromatic nitrogens is 1. The molecule has 2 aromatic carbocycles. The summed E-state index contributed by atoms with van der Waals surface area (Å²) in [6, 6.07) is 19.0. The Hall–Kier alpha value is -2.88. The van der Waals surface area contributed by atoms with Crippen LogP contribution in [0.15, 0.2) is 65.8 Å². The lowest BCUT2D eigenvalue weighted by atomic mass is 10.00. The predicted octanol–water partition coefficient (Wildman–Crippen LogP) is 3.81. The number of hydrogen-bond donors (Lipinski definition) is 1. The number of fused-ring (bicyclic) bond motifs is 4. The van der Waals surface area contributed by atoms with Gasteiger partial charge in [-0.2, -0.15) is 0 Å². The Morgan fingerprint density at radius 1 is 1.00 bits per heavy atom. The molecule has 0 unspecified atom stereocenters. The molecule has 0 radical (unpaired) electrons. The van der Waals surface area contributed by atoms with Crippen molar-refractivity contribution in [1.29, 1.82) is 0 Å². The van der Waals surface area contributed by atoms with E-state index in [-0.39, 0.29) is 6.17 Å². The zero-order valence-electron chi connectivity index (χ0n) is 13.3. The molecule has 2 aliphatic rings. The number of rotatable bonds is 1. The third kappa shape index (κ3) is 1.99. The summed E-state index contributed by atoms with van der Waals surface area (Å²) in [6.45, 7) is 1.91. The molecule has 1 N–H and O–H groups in total. The Morgan fingerprint density at radius 2 is 1.92 bits per heavy atom. The van der Waals surface area contributed by atoms with Gasteiger partial charge in [0.05, 0.1) is 5.52 Å². The first-order valence-electron chi connectivity index (χ1n) is 8.42. The highest BCUT2D eigenvalue weighted by Gasteiger charge is 2.33.